The van der Waals surface area contributed by atoms with E-state index in [0.717, 1.165) is 0 Å². The van der Waals surface area contributed by atoms with E-state index in [9.17, 15) is 0 Å². The van der Waals surface area contributed by atoms with Crippen molar-refractivity contribution in [3.63, 3.8) is 0 Å². The highest BCUT2D eigenvalue weighted by molar-refractivity contribution is 5.44. The molecule has 1 unspecified atom stereocenters. The van der Waals surface area contributed by atoms with Crippen molar-refractivity contribution in [2.75, 3.05) is 0 Å². The second kappa shape index (κ2) is 3.04. The first kappa shape index (κ1) is 8.57. The summed E-state index contributed by atoms with van der Waals surface area (Å²) >= 11 is 0. The average molecular weight is 176 g/mol. The number of fused-ring (bicyclic) bond motifs is 1. The van der Waals surface area contributed by atoms with E-state index in [1.807, 2.05) is 0 Å². The fourth-order valence-corrected chi connectivity index (χ4v) is 1.70. The Morgan fingerprint density at radius 2 is 2.23 bits per heavy atom. The highest BCUT2D eigenvalue weighted by Crippen LogP contribution is 2.25. The van der Waals surface area contributed by atoms with Gasteiger partial charge in [-0.15, -0.1) is 0 Å². The smallest absolute Gasteiger partial charge is 0.0713 e. The SMILES string of the molecule is CC1=CC=CC2NN(C(C)C)C=C12. The van der Waals surface area contributed by atoms with E-state index < -0.39 is 0 Å². The summed E-state index contributed by atoms with van der Waals surface area (Å²) in [6.07, 6.45) is 8.69. The summed E-state index contributed by atoms with van der Waals surface area (Å²) in [7, 11) is 0. The molecule has 1 aliphatic heterocycles. The van der Waals surface area contributed by atoms with Gasteiger partial charge in [-0.1, -0.05) is 18.2 Å². The summed E-state index contributed by atoms with van der Waals surface area (Å²) in [6.45, 7) is 6.53. The van der Waals surface area contributed by atoms with Crippen LogP contribution in [0.3, 0.4) is 0 Å². The van der Waals surface area contributed by atoms with Crippen molar-refractivity contribution < 1.29 is 0 Å². The quantitative estimate of drug-likeness (QED) is 0.657. The Balaban J connectivity index is 2.24. The molecule has 70 valence electrons. The number of nitrogens with zero attached hydrogens (tertiary/aromatic N) is 1. The molecule has 0 aromatic carbocycles. The van der Waals surface area contributed by atoms with Gasteiger partial charge >= 0.3 is 0 Å². The standard InChI is InChI=1S/C11H16N2/c1-8(2)13-7-10-9(3)5-4-6-11(10)12-13/h4-8,11-12H,1-3H3. The maximum absolute atomic E-state index is 3.44. The fourth-order valence-electron chi connectivity index (χ4n) is 1.70. The van der Waals surface area contributed by atoms with Crippen LogP contribution in [0.1, 0.15) is 20.8 Å². The van der Waals surface area contributed by atoms with Gasteiger partial charge in [0.1, 0.15) is 0 Å². The molecule has 2 nitrogen and oxygen atoms in total. The molecule has 0 fully saturated rings. The van der Waals surface area contributed by atoms with Crippen LogP contribution in [0, 0.1) is 0 Å². The zero-order valence-corrected chi connectivity index (χ0v) is 8.41. The van der Waals surface area contributed by atoms with Gasteiger partial charge in [-0.05, 0) is 31.9 Å². The first-order valence-corrected chi connectivity index (χ1v) is 4.80. The molecule has 2 aliphatic rings. The highest BCUT2D eigenvalue weighted by Gasteiger charge is 2.24. The lowest BCUT2D eigenvalue weighted by Crippen LogP contribution is -2.39. The molecular formula is C11H16N2. The number of allylic oxidation sites excluding steroid dienone is 2. The van der Waals surface area contributed by atoms with Gasteiger partial charge in [-0.2, -0.15) is 0 Å². The number of hydrogen-bond donors (Lipinski definition) is 1. The lowest BCUT2D eigenvalue weighted by atomic mass is 9.97. The van der Waals surface area contributed by atoms with Crippen LogP contribution in [0.2, 0.25) is 0 Å². The Morgan fingerprint density at radius 3 is 2.85 bits per heavy atom. The normalized spacial score (nSPS) is 26.2. The first-order valence-electron chi connectivity index (χ1n) is 4.80. The molecule has 0 aromatic rings. The molecule has 0 saturated heterocycles. The summed E-state index contributed by atoms with van der Waals surface area (Å²) in [4.78, 5) is 0. The number of hydrogen-bond acceptors (Lipinski definition) is 2. The Morgan fingerprint density at radius 1 is 1.46 bits per heavy atom. The molecule has 0 spiro atoms. The highest BCUT2D eigenvalue weighted by atomic mass is 15.5. The van der Waals surface area contributed by atoms with Gasteiger partial charge in [0.05, 0.1) is 6.04 Å². The van der Waals surface area contributed by atoms with Gasteiger partial charge in [-0.3, -0.25) is 0 Å². The van der Waals surface area contributed by atoms with Crippen LogP contribution in [0.15, 0.2) is 35.6 Å². The Hall–Kier alpha value is -1.02. The predicted octanol–water partition coefficient (Wildman–Crippen LogP) is 1.98. The van der Waals surface area contributed by atoms with Crippen LogP contribution in [-0.4, -0.2) is 17.1 Å². The first-order chi connectivity index (χ1) is 6.18. The van der Waals surface area contributed by atoms with Crippen molar-refractivity contribution >= 4 is 0 Å². The summed E-state index contributed by atoms with van der Waals surface area (Å²) in [6, 6.07) is 0.909. The maximum Gasteiger partial charge on any atom is 0.0713 e. The second-order valence-corrected chi connectivity index (χ2v) is 3.93. The number of rotatable bonds is 1. The lowest BCUT2D eigenvalue weighted by molar-refractivity contribution is 0.235. The topological polar surface area (TPSA) is 15.3 Å². The summed E-state index contributed by atoms with van der Waals surface area (Å²) in [5, 5.41) is 2.17. The molecule has 0 radical (unpaired) electrons. The van der Waals surface area contributed by atoms with Crippen molar-refractivity contribution in [3.05, 3.63) is 35.6 Å². The molecule has 1 heterocycles. The number of hydrazine groups is 1. The van der Waals surface area contributed by atoms with Crippen molar-refractivity contribution in [1.82, 2.24) is 10.4 Å². The zero-order valence-electron chi connectivity index (χ0n) is 8.41. The van der Waals surface area contributed by atoms with Gasteiger partial charge in [0.2, 0.25) is 0 Å². The minimum Gasteiger partial charge on any atom is -0.312 e. The van der Waals surface area contributed by atoms with E-state index in [1.165, 1.54) is 11.1 Å². The van der Waals surface area contributed by atoms with Crippen molar-refractivity contribution in [2.45, 2.75) is 32.9 Å². The molecule has 1 aliphatic carbocycles. The van der Waals surface area contributed by atoms with Crippen LogP contribution < -0.4 is 5.43 Å². The second-order valence-electron chi connectivity index (χ2n) is 3.93. The van der Waals surface area contributed by atoms with E-state index in [0.29, 0.717) is 12.1 Å². The average Bonchev–Trinajstić information content (AvgIpc) is 2.49. The monoisotopic (exact) mass is 176 g/mol. The molecule has 13 heavy (non-hydrogen) atoms. The zero-order chi connectivity index (χ0) is 9.42. The Kier molecular flexibility index (Phi) is 2.00. The van der Waals surface area contributed by atoms with Gasteiger partial charge in [0.15, 0.2) is 0 Å². The molecular weight excluding hydrogens is 160 g/mol. The largest absolute Gasteiger partial charge is 0.312 e. The van der Waals surface area contributed by atoms with Gasteiger partial charge in [0, 0.05) is 12.2 Å². The third-order valence-electron chi connectivity index (χ3n) is 2.56. The minimum absolute atomic E-state index is 0.396. The van der Waals surface area contributed by atoms with E-state index in [-0.39, 0.29) is 0 Å². The van der Waals surface area contributed by atoms with Crippen molar-refractivity contribution in [2.24, 2.45) is 0 Å². The molecule has 0 amide bonds. The summed E-state index contributed by atoms with van der Waals surface area (Å²) in [5.41, 5.74) is 6.20. The lowest BCUT2D eigenvalue weighted by Gasteiger charge is -2.22. The fraction of sp³-hybridized carbons (Fsp3) is 0.455. The van der Waals surface area contributed by atoms with Crippen molar-refractivity contribution in [3.8, 4) is 0 Å². The maximum atomic E-state index is 3.44. The van der Waals surface area contributed by atoms with Crippen LogP contribution in [-0.2, 0) is 0 Å². The molecule has 1 N–H and O–H groups in total. The van der Waals surface area contributed by atoms with E-state index >= 15 is 0 Å². The van der Waals surface area contributed by atoms with E-state index in [1.54, 1.807) is 0 Å². The minimum atomic E-state index is 0.396. The van der Waals surface area contributed by atoms with E-state index in [2.05, 4.69) is 55.6 Å². The van der Waals surface area contributed by atoms with Crippen LogP contribution in [0.4, 0.5) is 0 Å². The molecule has 1 atom stereocenters. The molecule has 0 bridgehead atoms. The van der Waals surface area contributed by atoms with Crippen LogP contribution in [0.5, 0.6) is 0 Å². The van der Waals surface area contributed by atoms with Gasteiger partial charge in [-0.25, -0.2) is 5.43 Å². The van der Waals surface area contributed by atoms with Crippen molar-refractivity contribution in [1.29, 1.82) is 0 Å². The molecule has 0 saturated carbocycles. The molecule has 2 rings (SSSR count). The predicted molar refractivity (Wildman–Crippen MR) is 54.9 cm³/mol. The van der Waals surface area contributed by atoms with Gasteiger partial charge < -0.3 is 5.01 Å². The van der Waals surface area contributed by atoms with E-state index in [4.69, 9.17) is 0 Å². The Labute approximate surface area is 79.6 Å². The van der Waals surface area contributed by atoms with Crippen LogP contribution >= 0.6 is 0 Å². The third kappa shape index (κ3) is 1.42. The number of nitrogens with one attached hydrogen (secondary N) is 1. The van der Waals surface area contributed by atoms with Crippen LogP contribution in [0.25, 0.3) is 0 Å². The molecule has 2 heteroatoms. The molecule has 0 aromatic heterocycles. The van der Waals surface area contributed by atoms with Gasteiger partial charge in [0.25, 0.3) is 0 Å². The Bertz CT molecular complexity index is 297. The third-order valence-corrected chi connectivity index (χ3v) is 2.56. The summed E-state index contributed by atoms with van der Waals surface area (Å²) in [5.74, 6) is 0. The summed E-state index contributed by atoms with van der Waals surface area (Å²) < 4.78 is 0.